The van der Waals surface area contributed by atoms with Crippen molar-refractivity contribution in [2.24, 2.45) is 5.73 Å². The lowest BCUT2D eigenvalue weighted by Gasteiger charge is -2.14. The first-order valence-electron chi connectivity index (χ1n) is 6.88. The number of hydrogen-bond acceptors (Lipinski definition) is 2. The highest BCUT2D eigenvalue weighted by Gasteiger charge is 2.19. The molecule has 0 saturated heterocycles. The van der Waals surface area contributed by atoms with E-state index in [1.54, 1.807) is 0 Å². The molecule has 0 fully saturated rings. The van der Waals surface area contributed by atoms with Crippen LogP contribution in [0.4, 0.5) is 0 Å². The van der Waals surface area contributed by atoms with Crippen LogP contribution in [0.5, 0.6) is 0 Å². The van der Waals surface area contributed by atoms with Crippen LogP contribution in [0.3, 0.4) is 0 Å². The molecule has 0 saturated carbocycles. The lowest BCUT2D eigenvalue weighted by atomic mass is 9.96. The molecule has 102 valence electrons. The summed E-state index contributed by atoms with van der Waals surface area (Å²) in [6.45, 7) is 6.26. The van der Waals surface area contributed by atoms with Crippen LogP contribution in [0, 0.1) is 20.8 Å². The molecule has 3 rings (SSSR count). The Kier molecular flexibility index (Phi) is 3.11. The van der Waals surface area contributed by atoms with E-state index in [4.69, 9.17) is 10.2 Å². The molecule has 2 heteroatoms. The number of hydrogen-bond donors (Lipinski definition) is 1. The van der Waals surface area contributed by atoms with Crippen LogP contribution >= 0.6 is 0 Å². The highest BCUT2D eigenvalue weighted by atomic mass is 16.3. The van der Waals surface area contributed by atoms with Gasteiger partial charge in [0.25, 0.3) is 0 Å². The van der Waals surface area contributed by atoms with Crippen LogP contribution < -0.4 is 5.73 Å². The number of rotatable bonds is 2. The summed E-state index contributed by atoms with van der Waals surface area (Å²) in [5.41, 5.74) is 12.1. The Morgan fingerprint density at radius 2 is 1.75 bits per heavy atom. The quantitative estimate of drug-likeness (QED) is 0.745. The van der Waals surface area contributed by atoms with Gasteiger partial charge in [0, 0.05) is 10.9 Å². The summed E-state index contributed by atoms with van der Waals surface area (Å²) < 4.78 is 5.98. The zero-order valence-electron chi connectivity index (χ0n) is 12.1. The lowest BCUT2D eigenvalue weighted by molar-refractivity contribution is 0.520. The van der Waals surface area contributed by atoms with Crippen molar-refractivity contribution in [1.82, 2.24) is 0 Å². The van der Waals surface area contributed by atoms with E-state index < -0.39 is 0 Å². The van der Waals surface area contributed by atoms with Gasteiger partial charge < -0.3 is 10.2 Å². The number of fused-ring (bicyclic) bond motifs is 1. The van der Waals surface area contributed by atoms with Gasteiger partial charge in [0.15, 0.2) is 0 Å². The van der Waals surface area contributed by atoms with Gasteiger partial charge in [0.1, 0.15) is 11.3 Å². The van der Waals surface area contributed by atoms with Gasteiger partial charge in [-0.3, -0.25) is 0 Å². The third-order valence-electron chi connectivity index (χ3n) is 3.92. The van der Waals surface area contributed by atoms with E-state index in [2.05, 4.69) is 45.0 Å². The minimum absolute atomic E-state index is 0.219. The van der Waals surface area contributed by atoms with Crippen molar-refractivity contribution in [1.29, 1.82) is 0 Å². The molecule has 1 aromatic heterocycles. The molecular formula is C18H19NO. The highest BCUT2D eigenvalue weighted by Crippen LogP contribution is 2.32. The number of benzene rings is 2. The number of nitrogens with two attached hydrogens (primary N) is 1. The predicted molar refractivity (Wildman–Crippen MR) is 82.9 cm³/mol. The van der Waals surface area contributed by atoms with Gasteiger partial charge in [-0.15, -0.1) is 0 Å². The Bertz CT molecular complexity index is 770. The van der Waals surface area contributed by atoms with Crippen LogP contribution in [0.2, 0.25) is 0 Å². The van der Waals surface area contributed by atoms with Gasteiger partial charge in [-0.1, -0.05) is 42.0 Å². The van der Waals surface area contributed by atoms with Crippen molar-refractivity contribution in [2.75, 3.05) is 0 Å². The smallest absolute Gasteiger partial charge is 0.134 e. The van der Waals surface area contributed by atoms with Crippen molar-refractivity contribution in [3.63, 3.8) is 0 Å². The van der Waals surface area contributed by atoms with Crippen LogP contribution in [0.15, 0.2) is 46.9 Å². The van der Waals surface area contributed by atoms with Gasteiger partial charge >= 0.3 is 0 Å². The van der Waals surface area contributed by atoms with Crippen molar-refractivity contribution in [3.05, 3.63) is 70.5 Å². The predicted octanol–water partition coefficient (Wildman–Crippen LogP) is 4.41. The average Bonchev–Trinajstić information content (AvgIpc) is 2.76. The molecule has 1 unspecified atom stereocenters. The van der Waals surface area contributed by atoms with Gasteiger partial charge in [-0.25, -0.2) is 0 Å². The Balaban J connectivity index is 2.12. The van der Waals surface area contributed by atoms with E-state index in [0.29, 0.717) is 0 Å². The molecule has 2 aromatic carbocycles. The highest BCUT2D eigenvalue weighted by molar-refractivity contribution is 5.82. The topological polar surface area (TPSA) is 39.2 Å². The van der Waals surface area contributed by atoms with E-state index in [1.807, 2.05) is 18.2 Å². The summed E-state index contributed by atoms with van der Waals surface area (Å²) >= 11 is 0. The third-order valence-corrected chi connectivity index (χ3v) is 3.92. The van der Waals surface area contributed by atoms with E-state index >= 15 is 0 Å². The number of furan rings is 1. The minimum atomic E-state index is -0.219. The normalized spacial score (nSPS) is 12.8. The van der Waals surface area contributed by atoms with Crippen LogP contribution in [-0.4, -0.2) is 0 Å². The summed E-state index contributed by atoms with van der Waals surface area (Å²) in [5.74, 6) is 0.859. The fourth-order valence-corrected chi connectivity index (χ4v) is 2.81. The first-order valence-corrected chi connectivity index (χ1v) is 6.88. The molecule has 0 aliphatic rings. The average molecular weight is 265 g/mol. The molecular weight excluding hydrogens is 246 g/mol. The SMILES string of the molecule is Cc1ccc(C(N)c2oc3ccccc3c2C)c(C)c1. The van der Waals surface area contributed by atoms with Crippen molar-refractivity contribution in [3.8, 4) is 0 Å². The van der Waals surface area contributed by atoms with E-state index in [9.17, 15) is 0 Å². The third kappa shape index (κ3) is 2.02. The van der Waals surface area contributed by atoms with Crippen LogP contribution in [-0.2, 0) is 0 Å². The monoisotopic (exact) mass is 265 g/mol. The van der Waals surface area contributed by atoms with Crippen LogP contribution in [0.1, 0.15) is 34.1 Å². The summed E-state index contributed by atoms with van der Waals surface area (Å²) in [6.07, 6.45) is 0. The van der Waals surface area contributed by atoms with E-state index in [0.717, 1.165) is 27.9 Å². The number of para-hydroxylation sites is 1. The molecule has 0 radical (unpaired) electrons. The molecule has 0 spiro atoms. The Labute approximate surface area is 119 Å². The lowest BCUT2D eigenvalue weighted by Crippen LogP contribution is -2.13. The molecule has 20 heavy (non-hydrogen) atoms. The summed E-state index contributed by atoms with van der Waals surface area (Å²) in [5, 5.41) is 1.14. The van der Waals surface area contributed by atoms with Crippen molar-refractivity contribution < 1.29 is 4.42 Å². The summed E-state index contributed by atoms with van der Waals surface area (Å²) in [6, 6.07) is 14.2. The van der Waals surface area contributed by atoms with Gasteiger partial charge in [0.05, 0.1) is 6.04 Å². The van der Waals surface area contributed by atoms with E-state index in [1.165, 1.54) is 11.1 Å². The summed E-state index contributed by atoms with van der Waals surface area (Å²) in [4.78, 5) is 0. The second-order valence-corrected chi connectivity index (χ2v) is 5.43. The van der Waals surface area contributed by atoms with Crippen molar-refractivity contribution in [2.45, 2.75) is 26.8 Å². The van der Waals surface area contributed by atoms with Gasteiger partial charge in [-0.05, 0) is 38.0 Å². The molecule has 1 atom stereocenters. The second-order valence-electron chi connectivity index (χ2n) is 5.43. The summed E-state index contributed by atoms with van der Waals surface area (Å²) in [7, 11) is 0. The molecule has 2 nitrogen and oxygen atoms in total. The molecule has 0 aliphatic carbocycles. The fraction of sp³-hybridized carbons (Fsp3) is 0.222. The largest absolute Gasteiger partial charge is 0.459 e. The van der Waals surface area contributed by atoms with Crippen LogP contribution in [0.25, 0.3) is 11.0 Å². The maximum absolute atomic E-state index is 6.44. The molecule has 3 aromatic rings. The van der Waals surface area contributed by atoms with Gasteiger partial charge in [0.2, 0.25) is 0 Å². The standard InChI is InChI=1S/C18H19NO/c1-11-8-9-14(12(2)10-11)17(19)18-13(3)15-6-4-5-7-16(15)20-18/h4-10,17H,19H2,1-3H3. The maximum atomic E-state index is 6.44. The first kappa shape index (κ1) is 12.9. The Morgan fingerprint density at radius 3 is 2.45 bits per heavy atom. The Hall–Kier alpha value is -2.06. The van der Waals surface area contributed by atoms with Gasteiger partial charge in [-0.2, -0.15) is 0 Å². The molecule has 0 amide bonds. The fourth-order valence-electron chi connectivity index (χ4n) is 2.81. The maximum Gasteiger partial charge on any atom is 0.134 e. The molecule has 2 N–H and O–H groups in total. The second kappa shape index (κ2) is 4.80. The number of aryl methyl sites for hydroxylation is 3. The Morgan fingerprint density at radius 1 is 1.00 bits per heavy atom. The zero-order chi connectivity index (χ0) is 14.3. The first-order chi connectivity index (χ1) is 9.58. The molecule has 0 bridgehead atoms. The van der Waals surface area contributed by atoms with Crippen molar-refractivity contribution >= 4 is 11.0 Å². The van der Waals surface area contributed by atoms with E-state index in [-0.39, 0.29) is 6.04 Å². The zero-order valence-corrected chi connectivity index (χ0v) is 12.1. The minimum Gasteiger partial charge on any atom is -0.459 e. The molecule has 1 heterocycles. The molecule has 0 aliphatic heterocycles.